The van der Waals surface area contributed by atoms with Gasteiger partial charge in [0.25, 0.3) is 0 Å². The number of nitrogens with zero attached hydrogens (tertiary/aromatic N) is 1. The number of ether oxygens (including phenoxy) is 1. The molecular weight excluding hydrogens is 711 g/mol. The van der Waals surface area contributed by atoms with Gasteiger partial charge in [-0.3, -0.25) is 0 Å². The third-order valence-electron chi connectivity index (χ3n) is 11.1. The summed E-state index contributed by atoms with van der Waals surface area (Å²) in [7, 11) is 0. The van der Waals surface area contributed by atoms with Gasteiger partial charge in [-0.25, -0.2) is 0 Å². The number of fused-ring (bicyclic) bond motifs is 8. The van der Waals surface area contributed by atoms with E-state index in [0.717, 1.165) is 61.9 Å². The van der Waals surface area contributed by atoms with E-state index in [9.17, 15) is 0 Å². The lowest BCUT2D eigenvalue weighted by Gasteiger charge is -2.27. The highest BCUT2D eigenvalue weighted by molar-refractivity contribution is 7.26. The molecule has 2 nitrogen and oxygen atoms in total. The zero-order chi connectivity index (χ0) is 37.7. The Morgan fingerprint density at radius 3 is 1.65 bits per heavy atom. The van der Waals surface area contributed by atoms with E-state index in [2.05, 4.69) is 217 Å². The highest BCUT2D eigenvalue weighted by Crippen LogP contribution is 2.52. The molecule has 0 N–H and O–H groups in total. The SMILES string of the molecule is c1ccc(-c2ccc(N(c3ccc(-c4cccc5c4sc4ccccc45)cc3)c3ccc4c(c3)-c3ccccc3-c3c(cccc3-c3ccccc3)O4)cc2)cc1. The van der Waals surface area contributed by atoms with Crippen LogP contribution >= 0.6 is 11.3 Å². The Balaban J connectivity index is 1.05. The van der Waals surface area contributed by atoms with Gasteiger partial charge < -0.3 is 9.64 Å². The van der Waals surface area contributed by atoms with Crippen molar-refractivity contribution in [3.63, 3.8) is 0 Å². The molecule has 1 aliphatic heterocycles. The van der Waals surface area contributed by atoms with Crippen molar-refractivity contribution >= 4 is 48.6 Å². The lowest BCUT2D eigenvalue weighted by Crippen LogP contribution is -2.10. The third kappa shape index (κ3) is 5.80. The molecule has 1 aromatic heterocycles. The van der Waals surface area contributed by atoms with Gasteiger partial charge in [-0.15, -0.1) is 11.3 Å². The first kappa shape index (κ1) is 33.2. The maximum absolute atomic E-state index is 6.86. The topological polar surface area (TPSA) is 12.5 Å². The number of hydrogen-bond acceptors (Lipinski definition) is 3. The molecule has 0 atom stereocenters. The molecule has 2 heterocycles. The quantitative estimate of drug-likeness (QED) is 0.168. The minimum Gasteiger partial charge on any atom is -0.456 e. The van der Waals surface area contributed by atoms with Crippen LogP contribution in [0, 0.1) is 0 Å². The molecule has 268 valence electrons. The van der Waals surface area contributed by atoms with Crippen molar-refractivity contribution in [3.8, 4) is 67.1 Å². The van der Waals surface area contributed by atoms with Crippen LogP contribution in [0.3, 0.4) is 0 Å². The van der Waals surface area contributed by atoms with Crippen LogP contribution in [0.15, 0.2) is 212 Å². The second-order valence-electron chi connectivity index (χ2n) is 14.4. The number of rotatable bonds is 6. The Hall–Kier alpha value is -7.20. The Bertz CT molecular complexity index is 3080. The lowest BCUT2D eigenvalue weighted by molar-refractivity contribution is 0.488. The molecule has 0 fully saturated rings. The van der Waals surface area contributed by atoms with Crippen molar-refractivity contribution in [2.45, 2.75) is 0 Å². The summed E-state index contributed by atoms with van der Waals surface area (Å²) in [6.45, 7) is 0. The second kappa shape index (κ2) is 13.8. The number of benzene rings is 9. The van der Waals surface area contributed by atoms with Crippen LogP contribution in [0.1, 0.15) is 0 Å². The van der Waals surface area contributed by atoms with Gasteiger partial charge in [-0.1, -0.05) is 158 Å². The van der Waals surface area contributed by atoms with E-state index in [1.165, 1.54) is 42.4 Å². The normalized spacial score (nSPS) is 11.6. The average Bonchev–Trinajstić information content (AvgIpc) is 3.60. The van der Waals surface area contributed by atoms with Crippen molar-refractivity contribution in [1.29, 1.82) is 0 Å². The van der Waals surface area contributed by atoms with Crippen molar-refractivity contribution in [1.82, 2.24) is 0 Å². The van der Waals surface area contributed by atoms with Gasteiger partial charge in [0.05, 0.1) is 0 Å². The fourth-order valence-electron chi connectivity index (χ4n) is 8.41. The molecule has 0 bridgehead atoms. The summed E-state index contributed by atoms with van der Waals surface area (Å²) in [5.74, 6) is 1.69. The van der Waals surface area contributed by atoms with Crippen molar-refractivity contribution in [2.75, 3.05) is 4.90 Å². The van der Waals surface area contributed by atoms with E-state index in [0.29, 0.717) is 0 Å². The van der Waals surface area contributed by atoms with E-state index >= 15 is 0 Å². The summed E-state index contributed by atoms with van der Waals surface area (Å²) < 4.78 is 9.50. The zero-order valence-electron chi connectivity index (χ0n) is 31.0. The maximum atomic E-state index is 6.86. The van der Waals surface area contributed by atoms with Gasteiger partial charge in [0, 0.05) is 48.4 Å². The summed E-state index contributed by atoms with van der Waals surface area (Å²) in [6.07, 6.45) is 0. The summed E-state index contributed by atoms with van der Waals surface area (Å²) in [5, 5.41) is 2.62. The highest BCUT2D eigenvalue weighted by atomic mass is 32.1. The molecule has 3 heteroatoms. The summed E-state index contributed by atoms with van der Waals surface area (Å²) in [5.41, 5.74) is 14.8. The number of anilines is 3. The summed E-state index contributed by atoms with van der Waals surface area (Å²) in [6, 6.07) is 76.2. The van der Waals surface area contributed by atoms with Crippen molar-refractivity contribution < 1.29 is 4.74 Å². The van der Waals surface area contributed by atoms with E-state index < -0.39 is 0 Å². The van der Waals surface area contributed by atoms with Crippen LogP contribution in [0.4, 0.5) is 17.1 Å². The van der Waals surface area contributed by atoms with E-state index in [4.69, 9.17) is 4.74 Å². The van der Waals surface area contributed by atoms with Gasteiger partial charge in [0.15, 0.2) is 0 Å². The predicted molar refractivity (Wildman–Crippen MR) is 241 cm³/mol. The molecule has 0 amide bonds. The molecular formula is C54H35NOS. The first-order valence-corrected chi connectivity index (χ1v) is 20.1. The van der Waals surface area contributed by atoms with Crippen LogP contribution in [0.25, 0.3) is 75.8 Å². The number of thiophene rings is 1. The largest absolute Gasteiger partial charge is 0.456 e. The van der Waals surface area contributed by atoms with Gasteiger partial charge in [0.2, 0.25) is 0 Å². The summed E-state index contributed by atoms with van der Waals surface area (Å²) >= 11 is 1.87. The maximum Gasteiger partial charge on any atom is 0.135 e. The van der Waals surface area contributed by atoms with Gasteiger partial charge in [-0.05, 0) is 99.1 Å². The predicted octanol–water partition coefficient (Wildman–Crippen LogP) is 16.0. The smallest absolute Gasteiger partial charge is 0.135 e. The minimum absolute atomic E-state index is 0.835. The van der Waals surface area contributed by atoms with E-state index in [-0.39, 0.29) is 0 Å². The molecule has 0 saturated heterocycles. The van der Waals surface area contributed by atoms with E-state index in [1.54, 1.807) is 0 Å². The molecule has 11 rings (SSSR count). The fraction of sp³-hybridized carbons (Fsp3) is 0. The Kier molecular flexibility index (Phi) is 8.04. The zero-order valence-corrected chi connectivity index (χ0v) is 31.8. The third-order valence-corrected chi connectivity index (χ3v) is 12.3. The standard InChI is InChI=1S/C54H35NOS/c1-3-13-36(14-4-1)37-25-29-40(30-26-37)55(41-31-27-39(28-32-41)44-21-11-22-48-46-18-9-10-24-52(46)57-54(44)48)42-33-34-50-49(35-42)45-17-7-8-19-47(45)53-43(20-12-23-51(53)56-50)38-15-5-2-6-16-38/h1-35H. The first-order chi connectivity index (χ1) is 28.3. The monoisotopic (exact) mass is 745 g/mol. The molecule has 0 unspecified atom stereocenters. The fourth-order valence-corrected chi connectivity index (χ4v) is 9.65. The molecule has 10 aromatic rings. The number of hydrogen-bond donors (Lipinski definition) is 0. The Morgan fingerprint density at radius 1 is 0.333 bits per heavy atom. The van der Waals surface area contributed by atoms with Gasteiger partial charge in [-0.2, -0.15) is 0 Å². The van der Waals surface area contributed by atoms with Crippen molar-refractivity contribution in [3.05, 3.63) is 212 Å². The Morgan fingerprint density at radius 2 is 0.877 bits per heavy atom. The molecule has 0 spiro atoms. The van der Waals surface area contributed by atoms with Gasteiger partial charge in [0.1, 0.15) is 11.5 Å². The Labute approximate surface area is 336 Å². The van der Waals surface area contributed by atoms with Gasteiger partial charge >= 0.3 is 0 Å². The molecule has 0 aliphatic carbocycles. The first-order valence-electron chi connectivity index (χ1n) is 19.3. The molecule has 57 heavy (non-hydrogen) atoms. The molecule has 1 aliphatic rings. The summed E-state index contributed by atoms with van der Waals surface area (Å²) in [4.78, 5) is 2.36. The van der Waals surface area contributed by atoms with E-state index in [1.807, 2.05) is 11.3 Å². The van der Waals surface area contributed by atoms with Crippen LogP contribution in [-0.4, -0.2) is 0 Å². The van der Waals surface area contributed by atoms with Crippen LogP contribution in [0.5, 0.6) is 11.5 Å². The molecule has 0 saturated carbocycles. The van der Waals surface area contributed by atoms with Crippen LogP contribution < -0.4 is 9.64 Å². The molecule has 9 aromatic carbocycles. The van der Waals surface area contributed by atoms with Crippen LogP contribution in [0.2, 0.25) is 0 Å². The lowest BCUT2D eigenvalue weighted by atomic mass is 9.89. The average molecular weight is 746 g/mol. The minimum atomic E-state index is 0.835. The second-order valence-corrected chi connectivity index (χ2v) is 15.5. The van der Waals surface area contributed by atoms with Crippen molar-refractivity contribution in [2.24, 2.45) is 0 Å². The van der Waals surface area contributed by atoms with Crippen LogP contribution in [-0.2, 0) is 0 Å². The highest BCUT2D eigenvalue weighted by Gasteiger charge is 2.25. The molecule has 0 radical (unpaired) electrons.